The fourth-order valence-electron chi connectivity index (χ4n) is 1.29. The summed E-state index contributed by atoms with van der Waals surface area (Å²) in [4.78, 5) is 0. The van der Waals surface area contributed by atoms with Gasteiger partial charge in [0.1, 0.15) is 4.43 Å². The third kappa shape index (κ3) is 12.4. The van der Waals surface area contributed by atoms with E-state index in [1.807, 2.05) is 0 Å². The van der Waals surface area contributed by atoms with Crippen LogP contribution in [0.5, 0.6) is 0 Å². The van der Waals surface area contributed by atoms with Crippen molar-refractivity contribution in [2.45, 2.75) is 45.4 Å². The van der Waals surface area contributed by atoms with Crippen LogP contribution < -0.4 is 27.9 Å². The quantitative estimate of drug-likeness (QED) is 0.255. The SMILES string of the molecule is CCCCCCNCC/C=C/CC[IH+]. The number of nitrogens with one attached hydrogen (secondary N) is 1. The molecular weight excluding hydrogens is 285 g/mol. The number of allylic oxidation sites excluding steroid dienone is 1. The lowest BCUT2D eigenvalue weighted by Gasteiger charge is -2.01. The van der Waals surface area contributed by atoms with Crippen molar-refractivity contribution in [1.29, 1.82) is 0 Å². The van der Waals surface area contributed by atoms with Gasteiger partial charge < -0.3 is 5.32 Å². The Bertz CT molecular complexity index is 123. The average Bonchev–Trinajstić information content (AvgIpc) is 2.21. The third-order valence-corrected chi connectivity index (χ3v) is 2.82. The molecule has 84 valence electrons. The first-order chi connectivity index (χ1) is 6.91. The van der Waals surface area contributed by atoms with E-state index in [1.54, 1.807) is 0 Å². The maximum Gasteiger partial charge on any atom is 0.252 e. The summed E-state index contributed by atoms with van der Waals surface area (Å²) in [7, 11) is 0. The molecule has 0 rings (SSSR count). The first-order valence-electron chi connectivity index (χ1n) is 5.85. The maximum absolute atomic E-state index is 3.47. The Hall–Kier alpha value is 0.430. The summed E-state index contributed by atoms with van der Waals surface area (Å²) in [5, 5.41) is 3.47. The van der Waals surface area contributed by atoms with Crippen LogP contribution in [0.1, 0.15) is 45.4 Å². The maximum atomic E-state index is 3.47. The van der Waals surface area contributed by atoms with Gasteiger partial charge in [-0.05, 0) is 25.9 Å². The zero-order valence-corrected chi connectivity index (χ0v) is 11.8. The van der Waals surface area contributed by atoms with Crippen LogP contribution in [0.4, 0.5) is 0 Å². The van der Waals surface area contributed by atoms with Crippen LogP contribution in [-0.4, -0.2) is 17.5 Å². The Morgan fingerprint density at radius 2 is 1.79 bits per heavy atom. The minimum absolute atomic E-state index is 1.15. The van der Waals surface area contributed by atoms with Crippen molar-refractivity contribution in [3.63, 3.8) is 0 Å². The van der Waals surface area contributed by atoms with E-state index >= 15 is 0 Å². The second-order valence-corrected chi connectivity index (χ2v) is 4.73. The van der Waals surface area contributed by atoms with Gasteiger partial charge >= 0.3 is 0 Å². The Morgan fingerprint density at radius 3 is 2.50 bits per heavy atom. The van der Waals surface area contributed by atoms with E-state index in [1.165, 1.54) is 49.5 Å². The molecule has 1 nitrogen and oxygen atoms in total. The molecule has 0 unspecified atom stereocenters. The molecule has 0 atom stereocenters. The van der Waals surface area contributed by atoms with Gasteiger partial charge in [0.2, 0.25) is 0 Å². The van der Waals surface area contributed by atoms with Crippen LogP contribution in [0, 0.1) is 0 Å². The van der Waals surface area contributed by atoms with Crippen molar-refractivity contribution in [2.24, 2.45) is 0 Å². The minimum atomic E-state index is 1.15. The average molecular weight is 310 g/mol. The van der Waals surface area contributed by atoms with Gasteiger partial charge in [-0.2, -0.15) is 0 Å². The number of hydrogen-bond donors (Lipinski definition) is 1. The topological polar surface area (TPSA) is 12.0 Å². The Morgan fingerprint density at radius 1 is 1.00 bits per heavy atom. The standard InChI is InChI=1S/C12H25IN/c1-2-3-4-8-11-14-12-9-6-5-7-10-13/h5-6,13-14H,2-4,7-12H2,1H3/q+1/b6-5+. The molecule has 0 saturated carbocycles. The van der Waals surface area contributed by atoms with Gasteiger partial charge in [0.05, 0.1) is 0 Å². The van der Waals surface area contributed by atoms with E-state index in [0.717, 1.165) is 6.54 Å². The number of unbranched alkanes of at least 4 members (excludes halogenated alkanes) is 3. The fourth-order valence-corrected chi connectivity index (χ4v) is 1.68. The Labute approximate surface area is 103 Å². The van der Waals surface area contributed by atoms with Crippen LogP contribution >= 0.6 is 0 Å². The molecule has 0 radical (unpaired) electrons. The van der Waals surface area contributed by atoms with Crippen molar-refractivity contribution < 1.29 is 22.6 Å². The van der Waals surface area contributed by atoms with Gasteiger partial charge in [-0.1, -0.05) is 38.3 Å². The van der Waals surface area contributed by atoms with E-state index in [-0.39, 0.29) is 0 Å². The van der Waals surface area contributed by atoms with Gasteiger partial charge in [-0.15, -0.1) is 0 Å². The second kappa shape index (κ2) is 13.4. The molecule has 1 N–H and O–H groups in total. The summed E-state index contributed by atoms with van der Waals surface area (Å²) in [5.74, 6) is 0. The van der Waals surface area contributed by atoms with E-state index in [0.29, 0.717) is 0 Å². The first-order valence-corrected chi connectivity index (χ1v) is 7.50. The molecule has 14 heavy (non-hydrogen) atoms. The summed E-state index contributed by atoms with van der Waals surface area (Å²) >= 11 is 2.16. The predicted octanol–water partition coefficient (Wildman–Crippen LogP) is -0.222. The molecule has 0 aromatic carbocycles. The Kier molecular flexibility index (Phi) is 13.8. The van der Waals surface area contributed by atoms with Crippen molar-refractivity contribution in [1.82, 2.24) is 5.32 Å². The molecule has 0 fully saturated rings. The predicted molar refractivity (Wildman–Crippen MR) is 61.6 cm³/mol. The molecule has 0 heterocycles. The highest BCUT2D eigenvalue weighted by molar-refractivity contribution is 4.81. The molecule has 0 saturated heterocycles. The molecule has 0 aliphatic heterocycles. The Balaban J connectivity index is 2.91. The van der Waals surface area contributed by atoms with Crippen molar-refractivity contribution in [3.8, 4) is 0 Å². The van der Waals surface area contributed by atoms with Gasteiger partial charge in [0.25, 0.3) is 22.6 Å². The van der Waals surface area contributed by atoms with Gasteiger partial charge in [-0.25, -0.2) is 0 Å². The van der Waals surface area contributed by atoms with Crippen LogP contribution in [0.15, 0.2) is 12.2 Å². The van der Waals surface area contributed by atoms with E-state index < -0.39 is 0 Å². The molecule has 0 aliphatic rings. The lowest BCUT2D eigenvalue weighted by atomic mass is 10.2. The zero-order chi connectivity index (χ0) is 10.5. The van der Waals surface area contributed by atoms with Crippen molar-refractivity contribution in [2.75, 3.05) is 17.5 Å². The molecule has 2 heteroatoms. The highest BCUT2D eigenvalue weighted by Gasteiger charge is 1.87. The van der Waals surface area contributed by atoms with E-state index in [2.05, 4.69) is 47.0 Å². The zero-order valence-electron chi connectivity index (χ0n) is 9.43. The summed E-state index contributed by atoms with van der Waals surface area (Å²) in [5.41, 5.74) is 0. The molecule has 0 aromatic heterocycles. The molecule has 0 aliphatic carbocycles. The molecule has 0 bridgehead atoms. The first kappa shape index (κ1) is 14.4. The van der Waals surface area contributed by atoms with Crippen LogP contribution in [-0.2, 0) is 0 Å². The van der Waals surface area contributed by atoms with E-state index in [9.17, 15) is 0 Å². The summed E-state index contributed by atoms with van der Waals surface area (Å²) < 4.78 is 1.27. The summed E-state index contributed by atoms with van der Waals surface area (Å²) in [6.45, 7) is 4.60. The monoisotopic (exact) mass is 310 g/mol. The fraction of sp³-hybridized carbons (Fsp3) is 0.833. The summed E-state index contributed by atoms with van der Waals surface area (Å²) in [6, 6.07) is 0. The molecule has 0 aromatic rings. The molecule has 0 spiro atoms. The number of rotatable bonds is 10. The van der Waals surface area contributed by atoms with Crippen molar-refractivity contribution in [3.05, 3.63) is 12.2 Å². The van der Waals surface area contributed by atoms with Crippen molar-refractivity contribution >= 4 is 0 Å². The highest BCUT2D eigenvalue weighted by Crippen LogP contribution is 1.96. The normalized spacial score (nSPS) is 11.3. The van der Waals surface area contributed by atoms with Crippen LogP contribution in [0.3, 0.4) is 0 Å². The molecule has 0 amide bonds. The number of halogens is 1. The van der Waals surface area contributed by atoms with Gasteiger partial charge in [0.15, 0.2) is 0 Å². The minimum Gasteiger partial charge on any atom is -0.316 e. The summed E-state index contributed by atoms with van der Waals surface area (Å²) in [6.07, 6.45) is 12.5. The molecular formula is C12H25IN+. The largest absolute Gasteiger partial charge is 0.316 e. The van der Waals surface area contributed by atoms with Crippen LogP contribution in [0.25, 0.3) is 0 Å². The number of hydrogen-bond acceptors (Lipinski definition) is 1. The highest BCUT2D eigenvalue weighted by atomic mass is 127. The lowest BCUT2D eigenvalue weighted by molar-refractivity contribution is -0.366. The third-order valence-electron chi connectivity index (χ3n) is 2.15. The van der Waals surface area contributed by atoms with Gasteiger partial charge in [-0.3, -0.25) is 0 Å². The second-order valence-electron chi connectivity index (χ2n) is 3.56. The lowest BCUT2D eigenvalue weighted by Crippen LogP contribution is -3.35. The number of alkyl halides is 1. The van der Waals surface area contributed by atoms with E-state index in [4.69, 9.17) is 0 Å². The van der Waals surface area contributed by atoms with Crippen LogP contribution in [0.2, 0.25) is 0 Å². The van der Waals surface area contributed by atoms with Gasteiger partial charge in [0, 0.05) is 6.42 Å². The smallest absolute Gasteiger partial charge is 0.252 e.